The van der Waals surface area contributed by atoms with Crippen LogP contribution in [0.25, 0.3) is 5.65 Å². The molecular weight excluding hydrogens is 392 g/mol. The van der Waals surface area contributed by atoms with Crippen LogP contribution in [0.4, 0.5) is 0 Å². The van der Waals surface area contributed by atoms with E-state index in [1.54, 1.807) is 23.7 Å². The summed E-state index contributed by atoms with van der Waals surface area (Å²) in [6.45, 7) is 4.62. The Hall–Kier alpha value is -2.87. The fraction of sp³-hybridized carbons (Fsp3) is 0.522. The molecule has 3 aromatic heterocycles. The minimum atomic E-state index is -0.124. The highest BCUT2D eigenvalue weighted by Crippen LogP contribution is 2.36. The van der Waals surface area contributed by atoms with Crippen molar-refractivity contribution >= 4 is 11.6 Å². The monoisotopic (exact) mass is 420 g/mol. The van der Waals surface area contributed by atoms with Crippen LogP contribution < -0.4 is 0 Å². The molecule has 1 aliphatic carbocycles. The number of hydrogen-bond donors (Lipinski definition) is 0. The van der Waals surface area contributed by atoms with Gasteiger partial charge >= 0.3 is 0 Å². The Kier molecular flexibility index (Phi) is 5.40. The second kappa shape index (κ2) is 8.34. The first-order valence-electron chi connectivity index (χ1n) is 11.1. The highest BCUT2D eigenvalue weighted by molar-refractivity contribution is 5.78. The third-order valence-corrected chi connectivity index (χ3v) is 6.68. The van der Waals surface area contributed by atoms with Gasteiger partial charge in [-0.05, 0) is 63.0 Å². The summed E-state index contributed by atoms with van der Waals surface area (Å²) in [4.78, 5) is 27.4. The van der Waals surface area contributed by atoms with Crippen molar-refractivity contribution in [3.05, 3.63) is 53.5 Å². The predicted molar refractivity (Wildman–Crippen MR) is 114 cm³/mol. The standard InChI is InChI=1S/C23H28N6O2/c1-15-11-18(14-28-16(2)26-27-22(15)28)12-17-3-5-19(6-4-17)23(30)29-21(7-10-31-29)20-13-24-8-9-25-20/h8-9,11,13-14,17,19,21H,3-7,10,12H2,1-2H3/t17-,19-,21-/m0/s1. The number of pyridine rings is 1. The van der Waals surface area contributed by atoms with E-state index in [1.807, 2.05) is 6.92 Å². The highest BCUT2D eigenvalue weighted by Gasteiger charge is 2.37. The first-order valence-corrected chi connectivity index (χ1v) is 11.1. The molecule has 31 heavy (non-hydrogen) atoms. The fourth-order valence-corrected chi connectivity index (χ4v) is 5.01. The van der Waals surface area contributed by atoms with E-state index in [1.165, 1.54) is 5.56 Å². The number of carbonyl (C=O) groups is 1. The number of hydrogen-bond acceptors (Lipinski definition) is 6. The lowest BCUT2D eigenvalue weighted by atomic mass is 9.79. The van der Waals surface area contributed by atoms with Gasteiger partial charge in [-0.1, -0.05) is 6.07 Å². The zero-order valence-corrected chi connectivity index (χ0v) is 18.1. The van der Waals surface area contributed by atoms with Gasteiger partial charge in [-0.3, -0.25) is 24.0 Å². The third kappa shape index (κ3) is 3.92. The quantitative estimate of drug-likeness (QED) is 0.643. The van der Waals surface area contributed by atoms with Gasteiger partial charge in [0.15, 0.2) is 5.65 Å². The van der Waals surface area contributed by atoms with Crippen LogP contribution in [0.15, 0.2) is 30.9 Å². The van der Waals surface area contributed by atoms with E-state index < -0.39 is 0 Å². The molecule has 3 aromatic rings. The zero-order valence-electron chi connectivity index (χ0n) is 18.1. The Bertz CT molecular complexity index is 1070. The van der Waals surface area contributed by atoms with Crippen molar-refractivity contribution in [1.82, 2.24) is 29.6 Å². The molecule has 0 N–H and O–H groups in total. The Morgan fingerprint density at radius 3 is 2.74 bits per heavy atom. The molecule has 4 heterocycles. The molecule has 8 heteroatoms. The van der Waals surface area contributed by atoms with E-state index >= 15 is 0 Å². The van der Waals surface area contributed by atoms with Crippen LogP contribution in [-0.4, -0.2) is 42.1 Å². The van der Waals surface area contributed by atoms with Crippen molar-refractivity contribution in [2.45, 2.75) is 58.4 Å². The average molecular weight is 421 g/mol. The van der Waals surface area contributed by atoms with Gasteiger partial charge in [0.05, 0.1) is 18.5 Å². The smallest absolute Gasteiger partial charge is 0.249 e. The van der Waals surface area contributed by atoms with E-state index in [0.29, 0.717) is 12.5 Å². The third-order valence-electron chi connectivity index (χ3n) is 6.68. The number of aromatic nitrogens is 5. The molecule has 0 aromatic carbocycles. The first kappa shape index (κ1) is 20.1. The maximum absolute atomic E-state index is 13.2. The average Bonchev–Trinajstić information content (AvgIpc) is 3.42. The molecule has 1 amide bonds. The van der Waals surface area contributed by atoms with Crippen molar-refractivity contribution in [3.63, 3.8) is 0 Å². The second-order valence-corrected chi connectivity index (χ2v) is 8.83. The lowest BCUT2D eigenvalue weighted by Crippen LogP contribution is -2.37. The van der Waals surface area contributed by atoms with Crippen LogP contribution in [0.2, 0.25) is 0 Å². The van der Waals surface area contributed by atoms with Crippen LogP contribution in [0.1, 0.15) is 60.8 Å². The summed E-state index contributed by atoms with van der Waals surface area (Å²) in [5.74, 6) is 1.63. The van der Waals surface area contributed by atoms with E-state index in [9.17, 15) is 4.79 Å². The molecule has 162 valence electrons. The summed E-state index contributed by atoms with van der Waals surface area (Å²) in [5, 5.41) is 10.0. The van der Waals surface area contributed by atoms with Gasteiger partial charge in [0.25, 0.3) is 0 Å². The van der Waals surface area contributed by atoms with Gasteiger partial charge < -0.3 is 0 Å². The van der Waals surface area contributed by atoms with Crippen LogP contribution in [0, 0.1) is 25.7 Å². The Labute approximate surface area is 181 Å². The summed E-state index contributed by atoms with van der Waals surface area (Å²) in [7, 11) is 0. The maximum Gasteiger partial charge on any atom is 0.249 e. The number of nitrogens with zero attached hydrogens (tertiary/aromatic N) is 6. The molecule has 1 atom stereocenters. The van der Waals surface area contributed by atoms with Crippen molar-refractivity contribution < 1.29 is 9.63 Å². The number of hydroxylamine groups is 2. The Morgan fingerprint density at radius 2 is 1.97 bits per heavy atom. The summed E-state index contributed by atoms with van der Waals surface area (Å²) >= 11 is 0. The van der Waals surface area contributed by atoms with E-state index in [4.69, 9.17) is 4.84 Å². The largest absolute Gasteiger partial charge is 0.286 e. The van der Waals surface area contributed by atoms with Crippen LogP contribution >= 0.6 is 0 Å². The number of fused-ring (bicyclic) bond motifs is 1. The molecular formula is C23H28N6O2. The lowest BCUT2D eigenvalue weighted by molar-refractivity contribution is -0.183. The van der Waals surface area contributed by atoms with Gasteiger partial charge in [0.2, 0.25) is 5.91 Å². The molecule has 0 bridgehead atoms. The normalized spacial score (nSPS) is 24.1. The van der Waals surface area contributed by atoms with Gasteiger partial charge in [0.1, 0.15) is 11.9 Å². The van der Waals surface area contributed by atoms with Crippen LogP contribution in [-0.2, 0) is 16.1 Å². The summed E-state index contributed by atoms with van der Waals surface area (Å²) in [5.41, 5.74) is 4.20. The van der Waals surface area contributed by atoms with Crippen molar-refractivity contribution in [3.8, 4) is 0 Å². The molecule has 2 fully saturated rings. The van der Waals surface area contributed by atoms with E-state index in [-0.39, 0.29) is 17.9 Å². The molecule has 1 saturated heterocycles. The predicted octanol–water partition coefficient (Wildman–Crippen LogP) is 3.39. The molecule has 1 aliphatic heterocycles. The minimum Gasteiger partial charge on any atom is -0.286 e. The van der Waals surface area contributed by atoms with Gasteiger partial charge in [-0.2, -0.15) is 0 Å². The number of aryl methyl sites for hydroxylation is 2. The van der Waals surface area contributed by atoms with Crippen LogP contribution in [0.5, 0.6) is 0 Å². The molecule has 0 unspecified atom stereocenters. The van der Waals surface area contributed by atoms with Crippen molar-refractivity contribution in [2.24, 2.45) is 11.8 Å². The molecule has 8 nitrogen and oxygen atoms in total. The fourth-order valence-electron chi connectivity index (χ4n) is 5.01. The summed E-state index contributed by atoms with van der Waals surface area (Å²) in [6.07, 6.45) is 12.9. The van der Waals surface area contributed by atoms with Gasteiger partial charge in [-0.15, -0.1) is 10.2 Å². The van der Waals surface area contributed by atoms with Crippen molar-refractivity contribution in [2.75, 3.05) is 6.61 Å². The second-order valence-electron chi connectivity index (χ2n) is 8.83. The van der Waals surface area contributed by atoms with Crippen molar-refractivity contribution in [1.29, 1.82) is 0 Å². The molecule has 2 aliphatic rings. The molecule has 1 saturated carbocycles. The van der Waals surface area contributed by atoms with E-state index in [0.717, 1.165) is 61.3 Å². The van der Waals surface area contributed by atoms with Gasteiger partial charge in [0, 0.05) is 30.9 Å². The molecule has 0 radical (unpaired) electrons. The molecule has 0 spiro atoms. The summed E-state index contributed by atoms with van der Waals surface area (Å²) < 4.78 is 2.08. The zero-order chi connectivity index (χ0) is 21.4. The highest BCUT2D eigenvalue weighted by atomic mass is 16.7. The van der Waals surface area contributed by atoms with Gasteiger partial charge in [-0.25, -0.2) is 5.06 Å². The Balaban J connectivity index is 1.21. The number of carbonyl (C=O) groups excluding carboxylic acids is 1. The molecule has 5 rings (SSSR count). The SMILES string of the molecule is Cc1cc(C[C@H]2CC[C@H](C(=O)N3OCC[C@H]3c3cnccn3)CC2)cn2c(C)nnc12. The number of amides is 1. The lowest BCUT2D eigenvalue weighted by Gasteiger charge is -2.31. The first-order chi connectivity index (χ1) is 15.1. The summed E-state index contributed by atoms with van der Waals surface area (Å²) in [6, 6.07) is 2.10. The van der Waals surface area contributed by atoms with E-state index in [2.05, 4.69) is 43.8 Å². The van der Waals surface area contributed by atoms with Crippen LogP contribution in [0.3, 0.4) is 0 Å². The Morgan fingerprint density at radius 1 is 1.13 bits per heavy atom. The minimum absolute atomic E-state index is 0.0258. The topological polar surface area (TPSA) is 85.5 Å². The maximum atomic E-state index is 13.2. The number of rotatable bonds is 4.